The monoisotopic (exact) mass is 563 g/mol. The number of aryl methyl sites for hydroxylation is 1. The predicted molar refractivity (Wildman–Crippen MR) is 152 cm³/mol. The molecule has 214 valence electrons. The maximum absolute atomic E-state index is 15.1. The fraction of sp³-hybridized carbons (Fsp3) is 0.464. The Kier molecular flexibility index (Phi) is 9.50. The summed E-state index contributed by atoms with van der Waals surface area (Å²) in [5, 5.41) is 12.6. The minimum Gasteiger partial charge on any atom is -0.480 e. The van der Waals surface area contributed by atoms with Crippen LogP contribution in [0.25, 0.3) is 11.0 Å². The number of carbonyl (C=O) groups excluding carboxylic acids is 1. The standard InChI is InChI=1S/C28H38FN3O6S/c1-18-16-32(17-36-12-13-39(5,6)7)25-24(18)23(10-11-30-25)37-22-9-8-19(14-20(22)29)15-21(26(33)34)31-27(35)38-28(2,3)4/h8-11,14,16,21H,12-13,15,17H2,1-7H3,(H,31,35)(H,33,34)/t21-/m0/s1. The highest BCUT2D eigenvalue weighted by Crippen LogP contribution is 2.35. The van der Waals surface area contributed by atoms with E-state index in [1.165, 1.54) is 12.1 Å². The number of fused-ring (bicyclic) bond motifs is 1. The quantitative estimate of drug-likeness (QED) is 0.298. The minimum absolute atomic E-state index is 0.0187. The fourth-order valence-electron chi connectivity index (χ4n) is 3.79. The van der Waals surface area contributed by atoms with Gasteiger partial charge in [-0.25, -0.2) is 29.0 Å². The predicted octanol–water partition coefficient (Wildman–Crippen LogP) is 5.46. The van der Waals surface area contributed by atoms with Crippen LogP contribution in [-0.2, 0) is 27.4 Å². The molecule has 1 atom stereocenters. The zero-order chi connectivity index (χ0) is 29.0. The Labute approximate surface area is 230 Å². The van der Waals surface area contributed by atoms with Crippen molar-refractivity contribution in [3.05, 3.63) is 53.6 Å². The molecule has 0 radical (unpaired) electrons. The van der Waals surface area contributed by atoms with Crippen molar-refractivity contribution in [2.45, 2.75) is 52.5 Å². The van der Waals surface area contributed by atoms with Crippen LogP contribution in [0.5, 0.6) is 11.5 Å². The average molecular weight is 564 g/mol. The Bertz CT molecular complexity index is 1330. The number of nitrogens with one attached hydrogen (secondary N) is 1. The maximum Gasteiger partial charge on any atom is 0.408 e. The number of halogens is 1. The number of ether oxygens (including phenoxy) is 3. The molecule has 2 N–H and O–H groups in total. The van der Waals surface area contributed by atoms with Crippen molar-refractivity contribution in [3.63, 3.8) is 0 Å². The summed E-state index contributed by atoms with van der Waals surface area (Å²) in [5.41, 5.74) is 1.17. The molecule has 9 nitrogen and oxygen atoms in total. The number of alkyl carbamates (subject to hydrolysis) is 1. The third-order valence-electron chi connectivity index (χ3n) is 5.62. The first-order valence-corrected chi connectivity index (χ1v) is 15.5. The van der Waals surface area contributed by atoms with Gasteiger partial charge in [0.05, 0.1) is 12.0 Å². The van der Waals surface area contributed by atoms with Crippen LogP contribution >= 0.6 is 10.0 Å². The molecule has 0 aliphatic heterocycles. The lowest BCUT2D eigenvalue weighted by Crippen LogP contribution is -2.44. The number of hydrogen-bond acceptors (Lipinski definition) is 6. The molecule has 0 saturated carbocycles. The van der Waals surface area contributed by atoms with Crippen molar-refractivity contribution in [3.8, 4) is 11.5 Å². The van der Waals surface area contributed by atoms with Crippen molar-refractivity contribution in [2.24, 2.45) is 0 Å². The highest BCUT2D eigenvalue weighted by Gasteiger charge is 2.25. The summed E-state index contributed by atoms with van der Waals surface area (Å²) < 4.78 is 33.9. The minimum atomic E-state index is -1.29. The van der Waals surface area contributed by atoms with E-state index in [9.17, 15) is 14.7 Å². The molecule has 0 fully saturated rings. The van der Waals surface area contributed by atoms with Gasteiger partial charge in [-0.15, -0.1) is 0 Å². The molecule has 0 saturated heterocycles. The molecule has 1 amide bonds. The summed E-state index contributed by atoms with van der Waals surface area (Å²) >= 11 is 0. The van der Waals surface area contributed by atoms with Crippen LogP contribution in [0.4, 0.5) is 9.18 Å². The van der Waals surface area contributed by atoms with Crippen LogP contribution < -0.4 is 10.1 Å². The topological polar surface area (TPSA) is 112 Å². The lowest BCUT2D eigenvalue weighted by molar-refractivity contribution is -0.139. The number of aliphatic carboxylic acids is 1. The second kappa shape index (κ2) is 12.3. The zero-order valence-corrected chi connectivity index (χ0v) is 24.4. The first-order valence-electron chi connectivity index (χ1n) is 12.5. The van der Waals surface area contributed by atoms with Gasteiger partial charge in [0, 0.05) is 24.6 Å². The number of amides is 1. The van der Waals surface area contributed by atoms with Gasteiger partial charge in [0.2, 0.25) is 0 Å². The first kappa shape index (κ1) is 30.2. The molecule has 0 bridgehead atoms. The van der Waals surface area contributed by atoms with E-state index in [-0.39, 0.29) is 12.2 Å². The molecule has 39 heavy (non-hydrogen) atoms. The number of carbonyl (C=O) groups is 2. The summed E-state index contributed by atoms with van der Waals surface area (Å²) in [5.74, 6) is -0.493. The normalized spacial score (nSPS) is 13.2. The van der Waals surface area contributed by atoms with Crippen molar-refractivity contribution < 1.29 is 33.3 Å². The van der Waals surface area contributed by atoms with Crippen LogP contribution in [0.3, 0.4) is 0 Å². The molecule has 3 aromatic rings. The second-order valence-corrected chi connectivity index (χ2v) is 15.8. The van der Waals surface area contributed by atoms with Gasteiger partial charge < -0.3 is 29.2 Å². The van der Waals surface area contributed by atoms with Crippen molar-refractivity contribution in [2.75, 3.05) is 31.1 Å². The van der Waals surface area contributed by atoms with Crippen LogP contribution in [0.1, 0.15) is 31.9 Å². The lowest BCUT2D eigenvalue weighted by Gasteiger charge is -2.24. The van der Waals surface area contributed by atoms with Crippen molar-refractivity contribution in [1.82, 2.24) is 14.9 Å². The molecule has 3 rings (SSSR count). The number of benzene rings is 1. The van der Waals surface area contributed by atoms with Crippen LogP contribution in [0.15, 0.2) is 36.7 Å². The van der Waals surface area contributed by atoms with E-state index >= 15 is 4.39 Å². The maximum atomic E-state index is 15.1. The van der Waals surface area contributed by atoms with E-state index in [2.05, 4.69) is 29.1 Å². The van der Waals surface area contributed by atoms with Crippen LogP contribution in [0.2, 0.25) is 0 Å². The van der Waals surface area contributed by atoms with Gasteiger partial charge in [-0.3, -0.25) is 0 Å². The summed E-state index contributed by atoms with van der Waals surface area (Å²) in [7, 11) is -0.646. The van der Waals surface area contributed by atoms with Crippen molar-refractivity contribution >= 4 is 33.1 Å². The smallest absolute Gasteiger partial charge is 0.408 e. The Morgan fingerprint density at radius 3 is 2.51 bits per heavy atom. The number of pyridine rings is 1. The highest BCUT2D eigenvalue weighted by atomic mass is 32.3. The van der Waals surface area contributed by atoms with Crippen molar-refractivity contribution in [1.29, 1.82) is 0 Å². The third-order valence-corrected chi connectivity index (χ3v) is 7.02. The largest absolute Gasteiger partial charge is 0.480 e. The van der Waals surface area contributed by atoms with E-state index in [0.29, 0.717) is 30.3 Å². The molecular weight excluding hydrogens is 525 g/mol. The van der Waals surface area contributed by atoms with E-state index in [0.717, 1.165) is 16.7 Å². The lowest BCUT2D eigenvalue weighted by atomic mass is 10.1. The summed E-state index contributed by atoms with van der Waals surface area (Å²) in [6.07, 6.45) is 9.26. The van der Waals surface area contributed by atoms with Gasteiger partial charge in [-0.1, -0.05) is 6.07 Å². The van der Waals surface area contributed by atoms with Gasteiger partial charge >= 0.3 is 12.1 Å². The number of hydrogen-bond donors (Lipinski definition) is 2. The van der Waals surface area contributed by atoms with Gasteiger partial charge in [0.25, 0.3) is 0 Å². The van der Waals surface area contributed by atoms with Gasteiger partial charge in [0.15, 0.2) is 11.6 Å². The van der Waals surface area contributed by atoms with Crippen LogP contribution in [0, 0.1) is 12.7 Å². The molecule has 11 heteroatoms. The molecule has 2 heterocycles. The SMILES string of the molecule is Cc1cn(COCCS(C)(C)C)c2nccc(Oc3ccc(C[C@H](NC(=O)OC(C)(C)C)C(=O)O)cc3F)c12. The molecule has 0 unspecified atom stereocenters. The summed E-state index contributed by atoms with van der Waals surface area (Å²) in [6, 6.07) is 4.58. The van der Waals surface area contributed by atoms with Gasteiger partial charge in [-0.2, -0.15) is 0 Å². The van der Waals surface area contributed by atoms with Crippen LogP contribution in [-0.4, -0.2) is 69.5 Å². The number of nitrogens with zero attached hydrogens (tertiary/aromatic N) is 2. The molecule has 0 aliphatic rings. The molecule has 1 aromatic carbocycles. The molecular formula is C28H38FN3O6S. The van der Waals surface area contributed by atoms with E-state index in [4.69, 9.17) is 14.2 Å². The average Bonchev–Trinajstić information content (AvgIpc) is 3.12. The van der Waals surface area contributed by atoms with E-state index in [1.54, 1.807) is 39.1 Å². The molecule has 0 spiro atoms. The second-order valence-electron chi connectivity index (χ2n) is 11.2. The summed E-state index contributed by atoms with van der Waals surface area (Å²) in [6.45, 7) is 7.95. The number of carboxylic acids is 1. The third kappa shape index (κ3) is 8.86. The van der Waals surface area contributed by atoms with E-state index in [1.807, 2.05) is 17.7 Å². The van der Waals surface area contributed by atoms with E-state index < -0.39 is 39.6 Å². The number of rotatable bonds is 11. The first-order chi connectivity index (χ1) is 18.1. The summed E-state index contributed by atoms with van der Waals surface area (Å²) in [4.78, 5) is 28.2. The Balaban J connectivity index is 1.74. The Morgan fingerprint density at radius 2 is 1.90 bits per heavy atom. The zero-order valence-electron chi connectivity index (χ0n) is 23.5. The van der Waals surface area contributed by atoms with Gasteiger partial charge in [-0.05, 0) is 75.8 Å². The molecule has 2 aromatic heterocycles. The Morgan fingerprint density at radius 1 is 1.18 bits per heavy atom. The Hall–Kier alpha value is -3.31. The fourth-order valence-corrected chi connectivity index (χ4v) is 4.41. The number of aromatic nitrogens is 2. The molecule has 0 aliphatic carbocycles. The van der Waals surface area contributed by atoms with Gasteiger partial charge in [0.1, 0.15) is 29.8 Å². The number of carboxylic acid groups (broad SMARTS) is 1. The highest BCUT2D eigenvalue weighted by molar-refractivity contribution is 8.32.